The molecule has 0 aliphatic carbocycles. The molecule has 1 N–H and O–H groups in total. The minimum Gasteiger partial charge on any atom is -0.356 e. The van der Waals surface area contributed by atoms with E-state index in [1.165, 1.54) is 0 Å². The Hall–Kier alpha value is -1.54. The highest BCUT2D eigenvalue weighted by Gasteiger charge is 2.03. The molecule has 0 atom stereocenters. The van der Waals surface area contributed by atoms with E-state index >= 15 is 0 Å². The van der Waals surface area contributed by atoms with Crippen LogP contribution >= 0.6 is 0 Å². The van der Waals surface area contributed by atoms with Gasteiger partial charge in [0.1, 0.15) is 6.61 Å². The third kappa shape index (κ3) is 1.63. The zero-order valence-electron chi connectivity index (χ0n) is 7.16. The van der Waals surface area contributed by atoms with Crippen molar-refractivity contribution in [1.82, 2.24) is 0 Å². The fraction of sp³-hybridized carbons (Fsp3) is 0.0909. The van der Waals surface area contributed by atoms with E-state index in [0.29, 0.717) is 5.70 Å². The van der Waals surface area contributed by atoms with E-state index in [2.05, 4.69) is 5.32 Å². The van der Waals surface area contributed by atoms with E-state index in [1.807, 2.05) is 42.5 Å². The number of hydrogen-bond acceptors (Lipinski definition) is 1. The Morgan fingerprint density at radius 2 is 2.08 bits per heavy atom. The lowest BCUT2D eigenvalue weighted by atomic mass is 10.2. The molecule has 1 aromatic carbocycles. The molecule has 1 aliphatic rings. The first-order valence-corrected chi connectivity index (χ1v) is 4.21. The maximum Gasteiger partial charge on any atom is 0.122 e. The first kappa shape index (κ1) is 8.08. The third-order valence-corrected chi connectivity index (χ3v) is 1.98. The summed E-state index contributed by atoms with van der Waals surface area (Å²) in [6, 6.07) is 7.91. The van der Waals surface area contributed by atoms with Crippen molar-refractivity contribution in [2.75, 3.05) is 11.9 Å². The lowest BCUT2D eigenvalue weighted by molar-refractivity contribution is 0.224. The minimum absolute atomic E-state index is 0.210. The monoisotopic (exact) mass is 172 g/mol. The van der Waals surface area contributed by atoms with Gasteiger partial charge in [0.25, 0.3) is 0 Å². The van der Waals surface area contributed by atoms with Crippen molar-refractivity contribution in [2.45, 2.75) is 0 Å². The van der Waals surface area contributed by atoms with E-state index in [4.69, 9.17) is 0 Å². The highest BCUT2D eigenvalue weighted by atomic mass is 16.3. The number of hydrogen-bond donors (Lipinski definition) is 1. The van der Waals surface area contributed by atoms with E-state index < -0.39 is 0 Å². The summed E-state index contributed by atoms with van der Waals surface area (Å²) in [5.41, 5.74) is 2.82. The summed E-state index contributed by atoms with van der Waals surface area (Å²) >= 11 is 0. The van der Waals surface area contributed by atoms with Crippen LogP contribution in [0.15, 0.2) is 42.1 Å². The van der Waals surface area contributed by atoms with Gasteiger partial charge < -0.3 is 5.32 Å². The number of benzene rings is 1. The molecule has 0 unspecified atom stereocenters. The number of fused-ring (bicyclic) bond motifs is 1. The highest BCUT2D eigenvalue weighted by molar-refractivity contribution is 5.70. The van der Waals surface area contributed by atoms with Crippen LogP contribution < -0.4 is 5.32 Å². The van der Waals surface area contributed by atoms with Crippen LogP contribution in [0.2, 0.25) is 0 Å². The average molecular weight is 172 g/mol. The molecule has 2 nitrogen and oxygen atoms in total. The van der Waals surface area contributed by atoms with Gasteiger partial charge in [-0.3, -0.25) is 0 Å². The number of nitrogens with one attached hydrogen (secondary N) is 1. The summed E-state index contributed by atoms with van der Waals surface area (Å²) in [7, 11) is 0. The van der Waals surface area contributed by atoms with Crippen molar-refractivity contribution in [3.05, 3.63) is 47.7 Å². The second-order valence-electron chi connectivity index (χ2n) is 2.91. The standard InChI is InChI=1S/C11H10NO/c13-8-10-6-3-5-9-4-1-2-7-11(9)12-10/h1-7,12H,8H2. The normalized spacial score (nSPS) is 14.1. The summed E-state index contributed by atoms with van der Waals surface area (Å²) in [6.07, 6.45) is 5.70. The Morgan fingerprint density at radius 3 is 2.92 bits per heavy atom. The fourth-order valence-corrected chi connectivity index (χ4v) is 1.32. The smallest absolute Gasteiger partial charge is 0.122 e. The molecule has 1 heterocycles. The van der Waals surface area contributed by atoms with Gasteiger partial charge in [0.2, 0.25) is 0 Å². The molecule has 0 bridgehead atoms. The Labute approximate surface area is 77.2 Å². The quantitative estimate of drug-likeness (QED) is 0.693. The predicted molar refractivity (Wildman–Crippen MR) is 52.7 cm³/mol. The fourth-order valence-electron chi connectivity index (χ4n) is 1.32. The van der Waals surface area contributed by atoms with Gasteiger partial charge in [-0.15, -0.1) is 0 Å². The lowest BCUT2D eigenvalue weighted by Gasteiger charge is -2.07. The molecule has 65 valence electrons. The molecular weight excluding hydrogens is 162 g/mol. The summed E-state index contributed by atoms with van der Waals surface area (Å²) in [4.78, 5) is 0. The van der Waals surface area contributed by atoms with Crippen LogP contribution in [0.25, 0.3) is 6.08 Å². The highest BCUT2D eigenvalue weighted by Crippen LogP contribution is 2.20. The average Bonchev–Trinajstić information content (AvgIpc) is 2.38. The SMILES string of the molecule is [O]CC1=CC=Cc2ccccc2N1. The van der Waals surface area contributed by atoms with Gasteiger partial charge in [-0.2, -0.15) is 0 Å². The number of allylic oxidation sites excluding steroid dienone is 2. The molecule has 1 radical (unpaired) electrons. The van der Waals surface area contributed by atoms with Gasteiger partial charge in [0, 0.05) is 11.4 Å². The predicted octanol–water partition coefficient (Wildman–Crippen LogP) is 2.44. The van der Waals surface area contributed by atoms with Gasteiger partial charge in [-0.05, 0) is 17.7 Å². The van der Waals surface area contributed by atoms with Gasteiger partial charge >= 0.3 is 0 Å². The van der Waals surface area contributed by atoms with Crippen LogP contribution in [0.5, 0.6) is 0 Å². The molecule has 13 heavy (non-hydrogen) atoms. The van der Waals surface area contributed by atoms with Crippen molar-refractivity contribution >= 4 is 11.8 Å². The number of rotatable bonds is 1. The van der Waals surface area contributed by atoms with E-state index in [0.717, 1.165) is 11.3 Å². The zero-order chi connectivity index (χ0) is 9.10. The van der Waals surface area contributed by atoms with Crippen molar-refractivity contribution in [1.29, 1.82) is 0 Å². The van der Waals surface area contributed by atoms with Crippen LogP contribution in [-0.2, 0) is 5.11 Å². The topological polar surface area (TPSA) is 31.9 Å². The van der Waals surface area contributed by atoms with E-state index in [-0.39, 0.29) is 6.61 Å². The van der Waals surface area contributed by atoms with Crippen LogP contribution in [0.1, 0.15) is 5.56 Å². The Kier molecular flexibility index (Phi) is 2.15. The second-order valence-corrected chi connectivity index (χ2v) is 2.91. The second kappa shape index (κ2) is 3.46. The van der Waals surface area contributed by atoms with Crippen LogP contribution in [0, 0.1) is 0 Å². The molecule has 0 amide bonds. The molecule has 0 saturated carbocycles. The Bertz CT molecular complexity index is 366. The third-order valence-electron chi connectivity index (χ3n) is 1.98. The van der Waals surface area contributed by atoms with Gasteiger partial charge in [0.05, 0.1) is 0 Å². The maximum absolute atomic E-state index is 10.7. The first-order valence-electron chi connectivity index (χ1n) is 4.21. The molecule has 2 rings (SSSR count). The Balaban J connectivity index is 2.40. The van der Waals surface area contributed by atoms with Crippen molar-refractivity contribution in [2.24, 2.45) is 0 Å². The van der Waals surface area contributed by atoms with Crippen molar-refractivity contribution in [3.8, 4) is 0 Å². The lowest BCUT2D eigenvalue weighted by Crippen LogP contribution is -2.02. The van der Waals surface area contributed by atoms with E-state index in [1.54, 1.807) is 0 Å². The zero-order valence-corrected chi connectivity index (χ0v) is 7.16. The van der Waals surface area contributed by atoms with Crippen LogP contribution in [0.4, 0.5) is 5.69 Å². The summed E-state index contributed by atoms with van der Waals surface area (Å²) in [5, 5.41) is 13.8. The number of para-hydroxylation sites is 1. The molecule has 2 heteroatoms. The molecule has 1 aliphatic heterocycles. The van der Waals surface area contributed by atoms with Crippen molar-refractivity contribution < 1.29 is 5.11 Å². The van der Waals surface area contributed by atoms with Gasteiger partial charge in [0.15, 0.2) is 0 Å². The first-order chi connectivity index (χ1) is 6.40. The summed E-state index contributed by atoms with van der Waals surface area (Å²) in [6.45, 7) is -0.210. The van der Waals surface area contributed by atoms with Crippen LogP contribution in [0.3, 0.4) is 0 Å². The molecule has 0 saturated heterocycles. The molecule has 1 aromatic rings. The van der Waals surface area contributed by atoms with Gasteiger partial charge in [-0.1, -0.05) is 30.4 Å². The molecule has 0 fully saturated rings. The van der Waals surface area contributed by atoms with Crippen molar-refractivity contribution in [3.63, 3.8) is 0 Å². The van der Waals surface area contributed by atoms with Gasteiger partial charge in [-0.25, -0.2) is 5.11 Å². The Morgan fingerprint density at radius 1 is 1.23 bits per heavy atom. The largest absolute Gasteiger partial charge is 0.356 e. The van der Waals surface area contributed by atoms with Crippen LogP contribution in [-0.4, -0.2) is 6.61 Å². The van der Waals surface area contributed by atoms with E-state index in [9.17, 15) is 5.11 Å². The minimum atomic E-state index is -0.210. The number of anilines is 1. The molecular formula is C11H10NO. The maximum atomic E-state index is 10.7. The molecule has 0 spiro atoms. The summed E-state index contributed by atoms with van der Waals surface area (Å²) < 4.78 is 0. The molecule has 0 aromatic heterocycles. The summed E-state index contributed by atoms with van der Waals surface area (Å²) in [5.74, 6) is 0.